The topological polar surface area (TPSA) is 167 Å². The zero-order valence-corrected chi connectivity index (χ0v) is 23.6. The second kappa shape index (κ2) is 11.6. The summed E-state index contributed by atoms with van der Waals surface area (Å²) in [5.41, 5.74) is 11.3. The van der Waals surface area contributed by atoms with Crippen molar-refractivity contribution < 1.29 is 22.5 Å². The van der Waals surface area contributed by atoms with Gasteiger partial charge in [-0.15, -0.1) is 0 Å². The van der Waals surface area contributed by atoms with Crippen molar-refractivity contribution in [2.24, 2.45) is 5.73 Å². The van der Waals surface area contributed by atoms with Crippen molar-refractivity contribution in [3.05, 3.63) is 42.0 Å². The molecule has 0 radical (unpaired) electrons. The number of benzene rings is 2. The number of H-pyrrole nitrogens is 2. The van der Waals surface area contributed by atoms with Crippen LogP contribution in [0.2, 0.25) is 0 Å². The zero-order chi connectivity index (χ0) is 28.4. The molecule has 6 rings (SSSR count). The first-order chi connectivity index (χ1) is 19.1. The van der Waals surface area contributed by atoms with E-state index in [2.05, 4.69) is 45.1 Å². The Labute approximate surface area is 233 Å². The monoisotopic (exact) mass is 568 g/mol. The number of primary amides is 1. The molecule has 2 aromatic carbocycles. The standard InChI is InChI=1S/C27H32N6O2.CH4O3S/c1-33-11-5-8-18(33)14-35-22-13-19(24-25(30-15-29-24)23(22)26(28)34)17-9-10-20-21(12-17)32-27(31-20)16-6-3-2-4-7-16;1-5(2,3)4/h9-10,12-13,15-16,18H,2-8,11,14H2,1H3,(H2,28,34)(H,29,30)(H,31,32);1H3,(H,2,3,4)/t18-;/m1./s1. The van der Waals surface area contributed by atoms with E-state index in [0.717, 1.165) is 47.4 Å². The van der Waals surface area contributed by atoms with E-state index in [1.54, 1.807) is 6.33 Å². The van der Waals surface area contributed by atoms with Gasteiger partial charge in [0.2, 0.25) is 0 Å². The Hall–Kier alpha value is -3.48. The summed E-state index contributed by atoms with van der Waals surface area (Å²) in [6.45, 7) is 1.58. The fourth-order valence-electron chi connectivity index (χ4n) is 5.80. The lowest BCUT2D eigenvalue weighted by atomic mass is 9.89. The molecule has 3 heterocycles. The first-order valence-electron chi connectivity index (χ1n) is 13.6. The van der Waals surface area contributed by atoms with Gasteiger partial charge in [0, 0.05) is 17.5 Å². The molecule has 5 N–H and O–H groups in total. The molecule has 1 aliphatic carbocycles. The lowest BCUT2D eigenvalue weighted by Gasteiger charge is -2.21. The number of nitrogens with zero attached hydrogens (tertiary/aromatic N) is 3. The molecule has 2 fully saturated rings. The molecule has 2 aliphatic rings. The van der Waals surface area contributed by atoms with E-state index in [1.165, 1.54) is 32.1 Å². The average Bonchev–Trinajstić information content (AvgIpc) is 3.65. The van der Waals surface area contributed by atoms with Crippen LogP contribution >= 0.6 is 0 Å². The second-order valence-corrected chi connectivity index (χ2v) is 12.3. The Morgan fingerprint density at radius 2 is 1.93 bits per heavy atom. The number of hydrogen-bond donors (Lipinski definition) is 4. The summed E-state index contributed by atoms with van der Waals surface area (Å²) in [4.78, 5) is 30.9. The Morgan fingerprint density at radius 1 is 1.18 bits per heavy atom. The van der Waals surface area contributed by atoms with Gasteiger partial charge in [-0.1, -0.05) is 25.3 Å². The van der Waals surface area contributed by atoms with Gasteiger partial charge in [0.15, 0.2) is 0 Å². The Kier molecular flexibility index (Phi) is 8.11. The van der Waals surface area contributed by atoms with E-state index in [9.17, 15) is 13.2 Å². The normalized spacial score (nSPS) is 18.6. The quantitative estimate of drug-likeness (QED) is 0.251. The van der Waals surface area contributed by atoms with Crippen LogP contribution in [0.3, 0.4) is 0 Å². The Bertz CT molecular complexity index is 1610. The molecular formula is C28H36N6O5S. The number of likely N-dealkylation sites (N-methyl/N-ethyl adjacent to an activating group) is 1. The number of nitrogens with one attached hydrogen (secondary N) is 2. The van der Waals surface area contributed by atoms with E-state index >= 15 is 0 Å². The minimum absolute atomic E-state index is 0.330. The van der Waals surface area contributed by atoms with Crippen molar-refractivity contribution in [2.45, 2.75) is 56.9 Å². The van der Waals surface area contributed by atoms with Crippen molar-refractivity contribution in [1.82, 2.24) is 24.8 Å². The summed E-state index contributed by atoms with van der Waals surface area (Å²) < 4.78 is 32.1. The summed E-state index contributed by atoms with van der Waals surface area (Å²) in [5.74, 6) is 1.58. The van der Waals surface area contributed by atoms with Crippen molar-refractivity contribution in [2.75, 3.05) is 26.5 Å². The van der Waals surface area contributed by atoms with Gasteiger partial charge in [0.25, 0.3) is 16.0 Å². The van der Waals surface area contributed by atoms with Gasteiger partial charge in [0.05, 0.1) is 34.6 Å². The molecule has 1 aliphatic heterocycles. The van der Waals surface area contributed by atoms with Gasteiger partial charge in [0.1, 0.15) is 23.7 Å². The lowest BCUT2D eigenvalue weighted by Crippen LogP contribution is -2.31. The number of aromatic amines is 2. The molecule has 2 aromatic heterocycles. The van der Waals surface area contributed by atoms with Crippen molar-refractivity contribution >= 4 is 38.1 Å². The third-order valence-electron chi connectivity index (χ3n) is 7.82. The van der Waals surface area contributed by atoms with Crippen LogP contribution in [0.5, 0.6) is 5.75 Å². The van der Waals surface area contributed by atoms with E-state index in [4.69, 9.17) is 20.0 Å². The van der Waals surface area contributed by atoms with Gasteiger partial charge in [-0.05, 0) is 63.0 Å². The summed E-state index contributed by atoms with van der Waals surface area (Å²) >= 11 is 0. The number of fused-ring (bicyclic) bond motifs is 2. The maximum absolute atomic E-state index is 12.4. The zero-order valence-electron chi connectivity index (χ0n) is 22.8. The summed E-state index contributed by atoms with van der Waals surface area (Å²) in [6.07, 6.45) is 10.8. The summed E-state index contributed by atoms with van der Waals surface area (Å²) in [7, 11) is -1.55. The summed E-state index contributed by atoms with van der Waals surface area (Å²) in [5, 5.41) is 0. The molecule has 12 heteroatoms. The number of likely N-dealkylation sites (tertiary alicyclic amines) is 1. The largest absolute Gasteiger partial charge is 0.491 e. The van der Waals surface area contributed by atoms with Crippen LogP contribution in [0.4, 0.5) is 0 Å². The molecule has 0 unspecified atom stereocenters. The predicted molar refractivity (Wildman–Crippen MR) is 154 cm³/mol. The highest BCUT2D eigenvalue weighted by molar-refractivity contribution is 7.85. The minimum Gasteiger partial charge on any atom is -0.491 e. The molecule has 214 valence electrons. The van der Waals surface area contributed by atoms with Crippen LogP contribution in [-0.4, -0.2) is 76.2 Å². The summed E-state index contributed by atoms with van der Waals surface area (Å²) in [6, 6.07) is 8.49. The fraction of sp³-hybridized carbons (Fsp3) is 0.464. The third kappa shape index (κ3) is 6.29. The molecule has 1 saturated carbocycles. The highest BCUT2D eigenvalue weighted by atomic mass is 32.2. The number of amides is 1. The number of carbonyl (C=O) groups excluding carboxylic acids is 1. The van der Waals surface area contributed by atoms with Gasteiger partial charge in [-0.25, -0.2) is 9.97 Å². The first-order valence-corrected chi connectivity index (χ1v) is 15.5. The molecule has 1 saturated heterocycles. The smallest absolute Gasteiger partial charge is 0.261 e. The third-order valence-corrected chi connectivity index (χ3v) is 7.82. The van der Waals surface area contributed by atoms with E-state index in [0.29, 0.717) is 47.2 Å². The maximum atomic E-state index is 12.4. The molecule has 11 nitrogen and oxygen atoms in total. The molecule has 0 bridgehead atoms. The minimum atomic E-state index is -3.67. The predicted octanol–water partition coefficient (Wildman–Crippen LogP) is 4.23. The van der Waals surface area contributed by atoms with Crippen LogP contribution in [0.1, 0.15) is 67.0 Å². The number of hydrogen-bond acceptors (Lipinski definition) is 7. The van der Waals surface area contributed by atoms with Gasteiger partial charge < -0.3 is 25.3 Å². The number of carbonyl (C=O) groups is 1. The molecule has 0 spiro atoms. The number of ether oxygens (including phenoxy) is 1. The van der Waals surface area contributed by atoms with Crippen LogP contribution in [0.15, 0.2) is 30.6 Å². The number of aromatic nitrogens is 4. The second-order valence-electron chi connectivity index (χ2n) is 10.8. The van der Waals surface area contributed by atoms with E-state index in [1.807, 2.05) is 6.07 Å². The van der Waals surface area contributed by atoms with Crippen LogP contribution < -0.4 is 10.5 Å². The van der Waals surface area contributed by atoms with Crippen LogP contribution in [0, 0.1) is 0 Å². The molecular weight excluding hydrogens is 532 g/mol. The SMILES string of the molecule is CN1CCC[C@@H]1COc1cc(-c2ccc3nc(C4CCCCC4)[nH]c3c2)c2nc[nH]c2c1C(N)=O.CS(=O)(=O)O. The van der Waals surface area contributed by atoms with Crippen molar-refractivity contribution in [1.29, 1.82) is 0 Å². The highest BCUT2D eigenvalue weighted by Gasteiger charge is 2.25. The number of nitrogens with two attached hydrogens (primary N) is 1. The van der Waals surface area contributed by atoms with Crippen LogP contribution in [0.25, 0.3) is 33.2 Å². The number of imidazole rings is 2. The van der Waals surface area contributed by atoms with Gasteiger partial charge in [-0.3, -0.25) is 9.35 Å². The highest BCUT2D eigenvalue weighted by Crippen LogP contribution is 2.37. The van der Waals surface area contributed by atoms with Crippen molar-refractivity contribution in [3.8, 4) is 16.9 Å². The Morgan fingerprint density at radius 3 is 2.60 bits per heavy atom. The maximum Gasteiger partial charge on any atom is 0.261 e. The van der Waals surface area contributed by atoms with Gasteiger partial charge >= 0.3 is 0 Å². The lowest BCUT2D eigenvalue weighted by molar-refractivity contribution is 0.0996. The van der Waals surface area contributed by atoms with Crippen molar-refractivity contribution in [3.63, 3.8) is 0 Å². The fourth-order valence-corrected chi connectivity index (χ4v) is 5.80. The molecule has 1 amide bonds. The molecule has 4 aromatic rings. The van der Waals surface area contributed by atoms with E-state index < -0.39 is 16.0 Å². The van der Waals surface area contributed by atoms with Gasteiger partial charge in [-0.2, -0.15) is 8.42 Å². The number of rotatable bonds is 6. The molecule has 40 heavy (non-hydrogen) atoms. The Balaban J connectivity index is 0.000000595. The van der Waals surface area contributed by atoms with Crippen LogP contribution in [-0.2, 0) is 10.1 Å². The molecule has 1 atom stereocenters. The first kappa shape index (κ1) is 28.1. The van der Waals surface area contributed by atoms with E-state index in [-0.39, 0.29) is 0 Å². The average molecular weight is 569 g/mol.